The highest BCUT2D eigenvalue weighted by Crippen LogP contribution is 2.40. The molecule has 1 atom stereocenters. The smallest absolute Gasteiger partial charge is 0.273 e. The Morgan fingerprint density at radius 2 is 2.04 bits per heavy atom. The van der Waals surface area contributed by atoms with Gasteiger partial charge in [0.05, 0.1) is 26.4 Å². The van der Waals surface area contributed by atoms with Gasteiger partial charge in [-0.25, -0.2) is 0 Å². The maximum atomic E-state index is 12.5. The van der Waals surface area contributed by atoms with Crippen LogP contribution < -0.4 is 10.1 Å². The van der Waals surface area contributed by atoms with Crippen LogP contribution in [-0.4, -0.2) is 55.9 Å². The third kappa shape index (κ3) is 4.31. The van der Waals surface area contributed by atoms with Crippen LogP contribution >= 0.6 is 0 Å². The van der Waals surface area contributed by atoms with E-state index in [4.69, 9.17) is 14.0 Å². The van der Waals surface area contributed by atoms with Crippen molar-refractivity contribution in [3.63, 3.8) is 0 Å². The van der Waals surface area contributed by atoms with Crippen LogP contribution in [0.4, 0.5) is 0 Å². The summed E-state index contributed by atoms with van der Waals surface area (Å²) in [7, 11) is 1.66. The van der Waals surface area contributed by atoms with E-state index in [1.807, 2.05) is 24.3 Å². The first-order valence-electron chi connectivity index (χ1n) is 9.45. The predicted molar refractivity (Wildman–Crippen MR) is 98.9 cm³/mol. The molecule has 144 valence electrons. The molecule has 1 N–H and O–H groups in total. The van der Waals surface area contributed by atoms with Gasteiger partial charge in [-0.2, -0.15) is 0 Å². The van der Waals surface area contributed by atoms with Crippen molar-refractivity contribution in [2.24, 2.45) is 0 Å². The third-order valence-corrected chi connectivity index (χ3v) is 5.18. The summed E-state index contributed by atoms with van der Waals surface area (Å²) in [5.41, 5.74) is 1.49. The number of carbonyl (C=O) groups is 1. The molecule has 1 amide bonds. The van der Waals surface area contributed by atoms with Gasteiger partial charge in [-0.3, -0.25) is 9.69 Å². The Morgan fingerprint density at radius 3 is 2.70 bits per heavy atom. The van der Waals surface area contributed by atoms with Crippen molar-refractivity contribution in [1.82, 2.24) is 15.4 Å². The SMILES string of the molecule is COc1ccc([C@H](CNC(=O)c2cc(C3CC3)on2)N2CCOCC2)cc1. The third-order valence-electron chi connectivity index (χ3n) is 5.18. The Balaban J connectivity index is 1.44. The van der Waals surface area contributed by atoms with Gasteiger partial charge in [0.15, 0.2) is 5.69 Å². The second-order valence-corrected chi connectivity index (χ2v) is 7.04. The fraction of sp³-hybridized carbons (Fsp3) is 0.500. The summed E-state index contributed by atoms with van der Waals surface area (Å²) in [5.74, 6) is 1.88. The number of morpholine rings is 1. The van der Waals surface area contributed by atoms with Gasteiger partial charge < -0.3 is 19.3 Å². The van der Waals surface area contributed by atoms with Crippen molar-refractivity contribution in [1.29, 1.82) is 0 Å². The van der Waals surface area contributed by atoms with Gasteiger partial charge in [-0.1, -0.05) is 17.3 Å². The van der Waals surface area contributed by atoms with E-state index in [9.17, 15) is 4.79 Å². The lowest BCUT2D eigenvalue weighted by Crippen LogP contribution is -2.43. The zero-order valence-corrected chi connectivity index (χ0v) is 15.5. The summed E-state index contributed by atoms with van der Waals surface area (Å²) in [5, 5.41) is 6.95. The van der Waals surface area contributed by atoms with Gasteiger partial charge in [0, 0.05) is 31.6 Å². The van der Waals surface area contributed by atoms with Gasteiger partial charge in [0.25, 0.3) is 5.91 Å². The summed E-state index contributed by atoms with van der Waals surface area (Å²) in [6, 6.07) is 9.83. The number of ether oxygens (including phenoxy) is 2. The van der Waals surface area contributed by atoms with Gasteiger partial charge in [-0.15, -0.1) is 0 Å². The van der Waals surface area contributed by atoms with Crippen molar-refractivity contribution in [2.75, 3.05) is 40.0 Å². The van der Waals surface area contributed by atoms with E-state index in [1.54, 1.807) is 13.2 Å². The highest BCUT2D eigenvalue weighted by Gasteiger charge is 2.29. The van der Waals surface area contributed by atoms with Crippen LogP contribution in [0.2, 0.25) is 0 Å². The molecule has 2 aliphatic rings. The summed E-state index contributed by atoms with van der Waals surface area (Å²) in [6.45, 7) is 3.57. The van der Waals surface area contributed by atoms with E-state index in [1.165, 1.54) is 0 Å². The number of rotatable bonds is 7. The second-order valence-electron chi connectivity index (χ2n) is 7.04. The van der Waals surface area contributed by atoms with E-state index in [0.717, 1.165) is 43.0 Å². The molecular weight excluding hydrogens is 346 g/mol. The van der Waals surface area contributed by atoms with Crippen LogP contribution in [0.1, 0.15) is 46.6 Å². The quantitative estimate of drug-likeness (QED) is 0.805. The van der Waals surface area contributed by atoms with E-state index < -0.39 is 0 Å². The number of nitrogens with one attached hydrogen (secondary N) is 1. The first-order chi connectivity index (χ1) is 13.2. The minimum Gasteiger partial charge on any atom is -0.497 e. The topological polar surface area (TPSA) is 76.8 Å². The molecule has 27 heavy (non-hydrogen) atoms. The Bertz CT molecular complexity index is 764. The van der Waals surface area contributed by atoms with Crippen molar-refractivity contribution in [3.8, 4) is 5.75 Å². The molecule has 2 aromatic rings. The number of benzene rings is 1. The molecule has 7 nitrogen and oxygen atoms in total. The van der Waals surface area contributed by atoms with E-state index in [0.29, 0.717) is 31.4 Å². The molecule has 0 radical (unpaired) electrons. The minimum atomic E-state index is -0.197. The van der Waals surface area contributed by atoms with Gasteiger partial charge in [0.2, 0.25) is 0 Å². The number of carbonyl (C=O) groups excluding carboxylic acids is 1. The maximum absolute atomic E-state index is 12.5. The first kappa shape index (κ1) is 18.0. The van der Waals surface area contributed by atoms with Crippen LogP contribution in [-0.2, 0) is 4.74 Å². The molecule has 1 aliphatic carbocycles. The van der Waals surface area contributed by atoms with Crippen LogP contribution in [0.15, 0.2) is 34.9 Å². The number of aromatic nitrogens is 1. The number of methoxy groups -OCH3 is 1. The highest BCUT2D eigenvalue weighted by molar-refractivity contribution is 5.92. The van der Waals surface area contributed by atoms with Gasteiger partial charge in [0.1, 0.15) is 11.5 Å². The molecule has 1 saturated heterocycles. The maximum Gasteiger partial charge on any atom is 0.273 e. The second kappa shape index (κ2) is 8.10. The molecular formula is C20H25N3O4. The van der Waals surface area contributed by atoms with Crippen LogP contribution in [0.25, 0.3) is 0 Å². The van der Waals surface area contributed by atoms with Crippen LogP contribution in [0, 0.1) is 0 Å². The monoisotopic (exact) mass is 371 g/mol. The van der Waals surface area contributed by atoms with Crippen molar-refractivity contribution < 1.29 is 18.8 Å². The Kier molecular flexibility index (Phi) is 5.40. The summed E-state index contributed by atoms with van der Waals surface area (Å²) < 4.78 is 16.0. The molecule has 1 aromatic heterocycles. The predicted octanol–water partition coefficient (Wildman–Crippen LogP) is 2.36. The van der Waals surface area contributed by atoms with E-state index in [-0.39, 0.29) is 11.9 Å². The standard InChI is InChI=1S/C20H25N3O4/c1-25-16-6-4-14(5-7-16)18(23-8-10-26-11-9-23)13-21-20(24)17-12-19(27-22-17)15-2-3-15/h4-7,12,15,18H,2-3,8-11,13H2,1H3,(H,21,24)/t18-/m0/s1. The molecule has 0 unspecified atom stereocenters. The molecule has 4 rings (SSSR count). The number of hydrogen-bond donors (Lipinski definition) is 1. The van der Waals surface area contributed by atoms with Gasteiger partial charge >= 0.3 is 0 Å². The highest BCUT2D eigenvalue weighted by atomic mass is 16.5. The van der Waals surface area contributed by atoms with Gasteiger partial charge in [-0.05, 0) is 30.5 Å². The molecule has 1 saturated carbocycles. The van der Waals surface area contributed by atoms with Crippen LogP contribution in [0.5, 0.6) is 5.75 Å². The average molecular weight is 371 g/mol. The normalized spacial score (nSPS) is 18.9. The largest absolute Gasteiger partial charge is 0.497 e. The Labute approximate surface area is 158 Å². The lowest BCUT2D eigenvalue weighted by Gasteiger charge is -2.34. The minimum absolute atomic E-state index is 0.0681. The fourth-order valence-corrected chi connectivity index (χ4v) is 3.41. The molecule has 0 bridgehead atoms. The Morgan fingerprint density at radius 1 is 1.30 bits per heavy atom. The van der Waals surface area contributed by atoms with E-state index >= 15 is 0 Å². The average Bonchev–Trinajstić information content (AvgIpc) is 3.46. The molecule has 1 aromatic carbocycles. The number of hydrogen-bond acceptors (Lipinski definition) is 6. The van der Waals surface area contributed by atoms with Crippen LogP contribution in [0.3, 0.4) is 0 Å². The lowest BCUT2D eigenvalue weighted by atomic mass is 10.0. The zero-order valence-electron chi connectivity index (χ0n) is 15.5. The van der Waals surface area contributed by atoms with E-state index in [2.05, 4.69) is 15.4 Å². The first-order valence-corrected chi connectivity index (χ1v) is 9.45. The fourth-order valence-electron chi connectivity index (χ4n) is 3.41. The molecule has 2 fully saturated rings. The molecule has 0 spiro atoms. The van der Waals surface area contributed by atoms with Crippen molar-refractivity contribution >= 4 is 5.91 Å². The number of amides is 1. The molecule has 7 heteroatoms. The summed E-state index contributed by atoms with van der Waals surface area (Å²) in [6.07, 6.45) is 2.24. The summed E-state index contributed by atoms with van der Waals surface area (Å²) in [4.78, 5) is 14.9. The van der Waals surface area contributed by atoms with Crippen molar-refractivity contribution in [2.45, 2.75) is 24.8 Å². The Hall–Kier alpha value is -2.38. The van der Waals surface area contributed by atoms with Crippen molar-refractivity contribution in [3.05, 3.63) is 47.3 Å². The zero-order chi connectivity index (χ0) is 18.6. The molecule has 2 heterocycles. The molecule has 1 aliphatic heterocycles. The lowest BCUT2D eigenvalue weighted by molar-refractivity contribution is 0.0162. The summed E-state index contributed by atoms with van der Waals surface area (Å²) >= 11 is 0. The number of nitrogens with zero attached hydrogens (tertiary/aromatic N) is 2.